The maximum atomic E-state index is 11.8. The van der Waals surface area contributed by atoms with Gasteiger partial charge in [0.1, 0.15) is 17.5 Å². The fourth-order valence-electron chi connectivity index (χ4n) is 3.11. The van der Waals surface area contributed by atoms with Crippen molar-refractivity contribution in [3.63, 3.8) is 0 Å². The lowest BCUT2D eigenvalue weighted by Gasteiger charge is -2.30. The van der Waals surface area contributed by atoms with E-state index < -0.39 is 0 Å². The lowest BCUT2D eigenvalue weighted by molar-refractivity contribution is -0.129. The van der Waals surface area contributed by atoms with E-state index in [1.807, 2.05) is 0 Å². The van der Waals surface area contributed by atoms with Gasteiger partial charge in [0.25, 0.3) is 0 Å². The minimum absolute atomic E-state index is 0.00557. The molecule has 0 atom stereocenters. The fraction of sp³-hybridized carbons (Fsp3) is 0.278. The van der Waals surface area contributed by atoms with Crippen LogP contribution in [-0.4, -0.2) is 34.6 Å². The number of carbonyl (C=O) groups is 1. The van der Waals surface area contributed by atoms with Crippen LogP contribution < -0.4 is 10.5 Å². The van der Waals surface area contributed by atoms with Crippen molar-refractivity contribution in [1.29, 1.82) is 5.26 Å². The monoisotopic (exact) mass is 338 g/mol. The van der Waals surface area contributed by atoms with Crippen LogP contribution in [-0.2, 0) is 17.8 Å². The second kappa shape index (κ2) is 6.32. The SMILES string of the molecule is COc1cc(-c2c(C#N)c(N)nc3c2CN(C(C)=O)CC3)ccc1O. The molecule has 3 rings (SSSR count). The standard InChI is InChI=1S/C18H18N4O3/c1-10(23)22-6-5-14-13(9-22)17(12(8-19)18(20)21-14)11-3-4-15(24)16(7-11)25-2/h3-4,7,24H,5-6,9H2,1-2H3,(H2,20,21). The predicted molar refractivity (Wildman–Crippen MR) is 91.8 cm³/mol. The first-order valence-electron chi connectivity index (χ1n) is 7.80. The Morgan fingerprint density at radius 2 is 2.24 bits per heavy atom. The number of benzene rings is 1. The van der Waals surface area contributed by atoms with Crippen molar-refractivity contribution in [2.45, 2.75) is 19.9 Å². The molecule has 1 aromatic carbocycles. The van der Waals surface area contributed by atoms with Crippen LogP contribution in [0.4, 0.5) is 5.82 Å². The summed E-state index contributed by atoms with van der Waals surface area (Å²) in [6, 6.07) is 6.96. The zero-order valence-corrected chi connectivity index (χ0v) is 14.0. The highest BCUT2D eigenvalue weighted by Gasteiger charge is 2.26. The number of ether oxygens (including phenoxy) is 1. The number of rotatable bonds is 2. The van der Waals surface area contributed by atoms with E-state index in [2.05, 4.69) is 11.1 Å². The molecule has 0 saturated heterocycles. The van der Waals surface area contributed by atoms with Crippen LogP contribution in [0.25, 0.3) is 11.1 Å². The highest BCUT2D eigenvalue weighted by Crippen LogP contribution is 2.38. The quantitative estimate of drug-likeness (QED) is 0.864. The Labute approximate surface area is 145 Å². The van der Waals surface area contributed by atoms with E-state index in [4.69, 9.17) is 10.5 Å². The Kier molecular flexibility index (Phi) is 4.19. The summed E-state index contributed by atoms with van der Waals surface area (Å²) in [4.78, 5) is 17.9. The van der Waals surface area contributed by atoms with Gasteiger partial charge in [-0.2, -0.15) is 5.26 Å². The Bertz CT molecular complexity index is 902. The topological polar surface area (TPSA) is 112 Å². The second-order valence-electron chi connectivity index (χ2n) is 5.86. The molecule has 0 unspecified atom stereocenters. The van der Waals surface area contributed by atoms with Gasteiger partial charge in [0.15, 0.2) is 11.5 Å². The van der Waals surface area contributed by atoms with Gasteiger partial charge in [-0.05, 0) is 17.7 Å². The molecule has 1 aliphatic rings. The van der Waals surface area contributed by atoms with E-state index >= 15 is 0 Å². The van der Waals surface area contributed by atoms with Gasteiger partial charge >= 0.3 is 0 Å². The van der Waals surface area contributed by atoms with Crippen LogP contribution in [0.2, 0.25) is 0 Å². The number of hydrogen-bond acceptors (Lipinski definition) is 6. The molecular weight excluding hydrogens is 320 g/mol. The first kappa shape index (κ1) is 16.6. The molecule has 2 heterocycles. The number of nitrogen functional groups attached to an aromatic ring is 1. The van der Waals surface area contributed by atoms with Gasteiger partial charge in [0.05, 0.1) is 12.8 Å². The maximum absolute atomic E-state index is 11.8. The van der Waals surface area contributed by atoms with Crippen molar-refractivity contribution in [2.75, 3.05) is 19.4 Å². The molecule has 1 aromatic heterocycles. The van der Waals surface area contributed by atoms with Crippen molar-refractivity contribution in [2.24, 2.45) is 0 Å². The maximum Gasteiger partial charge on any atom is 0.219 e. The number of nitrogens with zero attached hydrogens (tertiary/aromatic N) is 3. The third-order valence-electron chi connectivity index (χ3n) is 4.40. The van der Waals surface area contributed by atoms with Crippen LogP contribution >= 0.6 is 0 Å². The molecule has 0 fully saturated rings. The molecular formula is C18H18N4O3. The van der Waals surface area contributed by atoms with Crippen molar-refractivity contribution < 1.29 is 14.6 Å². The van der Waals surface area contributed by atoms with Gasteiger partial charge in [0.2, 0.25) is 5.91 Å². The zero-order valence-electron chi connectivity index (χ0n) is 14.0. The number of nitrogens with two attached hydrogens (primary N) is 1. The summed E-state index contributed by atoms with van der Waals surface area (Å²) >= 11 is 0. The molecule has 0 aliphatic carbocycles. The summed E-state index contributed by atoms with van der Waals surface area (Å²) in [5.41, 5.74) is 9.16. The molecule has 3 N–H and O–H groups in total. The van der Waals surface area contributed by atoms with Crippen molar-refractivity contribution >= 4 is 11.7 Å². The van der Waals surface area contributed by atoms with Crippen LogP contribution in [0.1, 0.15) is 23.7 Å². The normalized spacial score (nSPS) is 13.1. The number of amides is 1. The molecule has 0 spiro atoms. The Morgan fingerprint density at radius 1 is 1.48 bits per heavy atom. The smallest absolute Gasteiger partial charge is 0.219 e. The molecule has 25 heavy (non-hydrogen) atoms. The lowest BCUT2D eigenvalue weighted by Crippen LogP contribution is -2.35. The van der Waals surface area contributed by atoms with Gasteiger partial charge in [-0.1, -0.05) is 6.07 Å². The molecule has 0 saturated carbocycles. The van der Waals surface area contributed by atoms with Gasteiger partial charge in [-0.15, -0.1) is 0 Å². The average Bonchev–Trinajstić information content (AvgIpc) is 2.60. The van der Waals surface area contributed by atoms with E-state index in [-0.39, 0.29) is 23.0 Å². The number of anilines is 1. The first-order chi connectivity index (χ1) is 12.0. The summed E-state index contributed by atoms with van der Waals surface area (Å²) in [7, 11) is 1.46. The minimum Gasteiger partial charge on any atom is -0.504 e. The molecule has 128 valence electrons. The summed E-state index contributed by atoms with van der Waals surface area (Å²) in [5.74, 6) is 0.436. The summed E-state index contributed by atoms with van der Waals surface area (Å²) in [6.45, 7) is 2.45. The average molecular weight is 338 g/mol. The third-order valence-corrected chi connectivity index (χ3v) is 4.40. The number of phenols is 1. The van der Waals surface area contributed by atoms with E-state index in [0.717, 1.165) is 11.3 Å². The van der Waals surface area contributed by atoms with E-state index in [9.17, 15) is 15.2 Å². The van der Waals surface area contributed by atoms with Crippen LogP contribution in [0.15, 0.2) is 18.2 Å². The highest BCUT2D eigenvalue weighted by atomic mass is 16.5. The number of carbonyl (C=O) groups excluding carboxylic acids is 1. The van der Waals surface area contributed by atoms with Crippen molar-refractivity contribution in [3.8, 4) is 28.7 Å². The predicted octanol–water partition coefficient (Wildman–Crippen LogP) is 1.82. The fourth-order valence-corrected chi connectivity index (χ4v) is 3.11. The van der Waals surface area contributed by atoms with Crippen LogP contribution in [0, 0.1) is 11.3 Å². The summed E-state index contributed by atoms with van der Waals surface area (Å²) < 4.78 is 5.17. The van der Waals surface area contributed by atoms with Crippen LogP contribution in [0.5, 0.6) is 11.5 Å². The zero-order chi connectivity index (χ0) is 18.1. The number of hydrogen-bond donors (Lipinski definition) is 2. The number of pyridine rings is 1. The van der Waals surface area contributed by atoms with E-state index in [0.29, 0.717) is 36.4 Å². The second-order valence-corrected chi connectivity index (χ2v) is 5.86. The van der Waals surface area contributed by atoms with Crippen LogP contribution in [0.3, 0.4) is 0 Å². The van der Waals surface area contributed by atoms with E-state index in [1.165, 1.54) is 20.1 Å². The van der Waals surface area contributed by atoms with Gasteiger partial charge in [-0.3, -0.25) is 4.79 Å². The molecule has 7 heteroatoms. The van der Waals surface area contributed by atoms with Gasteiger partial charge in [0, 0.05) is 37.6 Å². The van der Waals surface area contributed by atoms with E-state index in [1.54, 1.807) is 17.0 Å². The number of nitriles is 1. The minimum atomic E-state index is -0.0322. The highest BCUT2D eigenvalue weighted by molar-refractivity contribution is 5.81. The van der Waals surface area contributed by atoms with Crippen molar-refractivity contribution in [1.82, 2.24) is 9.88 Å². The van der Waals surface area contributed by atoms with Crippen molar-refractivity contribution in [3.05, 3.63) is 35.0 Å². The molecule has 7 nitrogen and oxygen atoms in total. The summed E-state index contributed by atoms with van der Waals surface area (Å²) in [5, 5.41) is 19.4. The largest absolute Gasteiger partial charge is 0.504 e. The first-order valence-corrected chi connectivity index (χ1v) is 7.80. The number of methoxy groups -OCH3 is 1. The number of fused-ring (bicyclic) bond motifs is 1. The van der Waals surface area contributed by atoms with Gasteiger partial charge < -0.3 is 20.5 Å². The number of aromatic nitrogens is 1. The third kappa shape index (κ3) is 2.83. The number of phenolic OH excluding ortho intramolecular Hbond substituents is 1. The molecule has 2 aromatic rings. The molecule has 1 amide bonds. The molecule has 0 bridgehead atoms. The Hall–Kier alpha value is -3.27. The molecule has 0 radical (unpaired) electrons. The Balaban J connectivity index is 2.26. The number of aromatic hydroxyl groups is 1. The lowest BCUT2D eigenvalue weighted by atomic mass is 9.91. The summed E-state index contributed by atoms with van der Waals surface area (Å²) in [6.07, 6.45) is 0.576. The Morgan fingerprint density at radius 3 is 2.88 bits per heavy atom. The van der Waals surface area contributed by atoms with Gasteiger partial charge in [-0.25, -0.2) is 4.98 Å². The molecule has 1 aliphatic heterocycles.